The van der Waals surface area contributed by atoms with Gasteiger partial charge in [0.2, 0.25) is 0 Å². The first-order chi connectivity index (χ1) is 8.06. The fourth-order valence-electron chi connectivity index (χ4n) is 1.57. The summed E-state index contributed by atoms with van der Waals surface area (Å²) < 4.78 is 1.77. The van der Waals surface area contributed by atoms with Crippen LogP contribution in [0.4, 0.5) is 11.6 Å². The van der Waals surface area contributed by atoms with Gasteiger partial charge in [-0.2, -0.15) is 5.10 Å². The molecule has 0 aromatic carbocycles. The van der Waals surface area contributed by atoms with E-state index in [1.807, 2.05) is 33.3 Å². The van der Waals surface area contributed by atoms with Crippen molar-refractivity contribution in [2.24, 2.45) is 7.05 Å². The fourth-order valence-corrected chi connectivity index (χ4v) is 1.57. The molecule has 6 nitrogen and oxygen atoms in total. The summed E-state index contributed by atoms with van der Waals surface area (Å²) in [4.78, 5) is 8.43. The fraction of sp³-hybridized carbons (Fsp3) is 0.364. The number of hydrogen-bond acceptors (Lipinski definition) is 5. The van der Waals surface area contributed by atoms with Crippen LogP contribution in [0, 0.1) is 13.8 Å². The monoisotopic (exact) mass is 232 g/mol. The lowest BCUT2D eigenvalue weighted by Crippen LogP contribution is -2.07. The van der Waals surface area contributed by atoms with Crippen molar-refractivity contribution in [1.29, 1.82) is 0 Å². The zero-order valence-electron chi connectivity index (χ0n) is 10.2. The van der Waals surface area contributed by atoms with Crippen LogP contribution in [0.2, 0.25) is 0 Å². The molecule has 6 heteroatoms. The first-order valence-electron chi connectivity index (χ1n) is 5.38. The van der Waals surface area contributed by atoms with Gasteiger partial charge in [0, 0.05) is 30.9 Å². The van der Waals surface area contributed by atoms with Crippen LogP contribution in [0.25, 0.3) is 0 Å². The van der Waals surface area contributed by atoms with Crippen molar-refractivity contribution in [2.45, 2.75) is 20.4 Å². The molecule has 0 spiro atoms. The van der Waals surface area contributed by atoms with Gasteiger partial charge in [-0.15, -0.1) is 0 Å². The van der Waals surface area contributed by atoms with E-state index in [9.17, 15) is 0 Å². The maximum Gasteiger partial charge on any atom is 0.135 e. The Balaban J connectivity index is 2.14. The Labute approximate surface area is 99.9 Å². The van der Waals surface area contributed by atoms with Crippen LogP contribution in [0.3, 0.4) is 0 Å². The number of nitrogens with zero attached hydrogens (tertiary/aromatic N) is 4. The second kappa shape index (κ2) is 4.40. The second-order valence-electron chi connectivity index (χ2n) is 4.01. The summed E-state index contributed by atoms with van der Waals surface area (Å²) >= 11 is 0. The van der Waals surface area contributed by atoms with Crippen LogP contribution in [-0.4, -0.2) is 19.7 Å². The van der Waals surface area contributed by atoms with Gasteiger partial charge in [0.15, 0.2) is 0 Å². The highest BCUT2D eigenvalue weighted by Crippen LogP contribution is 2.17. The number of anilines is 2. The van der Waals surface area contributed by atoms with Gasteiger partial charge in [0.1, 0.15) is 17.5 Å². The standard InChI is InChI=1S/C11H16N6/c1-7-10(12)15-8(2)16-11(7)13-4-9-5-14-17(3)6-9/h5-6H,4H2,1-3H3,(H3,12,13,15,16). The van der Waals surface area contributed by atoms with Gasteiger partial charge in [0.05, 0.1) is 6.20 Å². The van der Waals surface area contributed by atoms with E-state index < -0.39 is 0 Å². The first-order valence-corrected chi connectivity index (χ1v) is 5.38. The maximum absolute atomic E-state index is 5.79. The smallest absolute Gasteiger partial charge is 0.135 e. The molecule has 0 saturated carbocycles. The Morgan fingerprint density at radius 1 is 1.35 bits per heavy atom. The molecule has 0 amide bonds. The Hall–Kier alpha value is -2.11. The van der Waals surface area contributed by atoms with E-state index in [0.717, 1.165) is 16.9 Å². The number of aryl methyl sites for hydroxylation is 2. The van der Waals surface area contributed by atoms with Crippen molar-refractivity contribution in [2.75, 3.05) is 11.1 Å². The number of rotatable bonds is 3. The quantitative estimate of drug-likeness (QED) is 0.825. The zero-order chi connectivity index (χ0) is 12.4. The van der Waals surface area contributed by atoms with E-state index >= 15 is 0 Å². The molecule has 17 heavy (non-hydrogen) atoms. The predicted octanol–water partition coefficient (Wildman–Crippen LogP) is 1.02. The van der Waals surface area contributed by atoms with Gasteiger partial charge in [-0.3, -0.25) is 4.68 Å². The molecule has 2 heterocycles. The lowest BCUT2D eigenvalue weighted by Gasteiger charge is -2.09. The van der Waals surface area contributed by atoms with Crippen molar-refractivity contribution in [3.05, 3.63) is 29.3 Å². The van der Waals surface area contributed by atoms with Crippen LogP contribution in [0.15, 0.2) is 12.4 Å². The number of nitrogen functional groups attached to an aromatic ring is 1. The van der Waals surface area contributed by atoms with Crippen LogP contribution < -0.4 is 11.1 Å². The summed E-state index contributed by atoms with van der Waals surface area (Å²) in [6.45, 7) is 4.40. The highest BCUT2D eigenvalue weighted by atomic mass is 15.2. The summed E-state index contributed by atoms with van der Waals surface area (Å²) in [5, 5.41) is 7.35. The summed E-state index contributed by atoms with van der Waals surface area (Å²) in [5.74, 6) is 1.96. The molecule has 0 aliphatic rings. The molecule has 3 N–H and O–H groups in total. The maximum atomic E-state index is 5.79. The number of aromatic nitrogens is 4. The lowest BCUT2D eigenvalue weighted by molar-refractivity contribution is 0.767. The Bertz CT molecular complexity index is 531. The molecule has 0 aliphatic carbocycles. The zero-order valence-corrected chi connectivity index (χ0v) is 10.2. The summed E-state index contributed by atoms with van der Waals surface area (Å²) in [7, 11) is 1.89. The minimum Gasteiger partial charge on any atom is -0.383 e. The molecule has 90 valence electrons. The molecule has 0 atom stereocenters. The van der Waals surface area contributed by atoms with Gasteiger partial charge in [-0.05, 0) is 13.8 Å². The largest absolute Gasteiger partial charge is 0.383 e. The molecule has 2 aromatic heterocycles. The summed E-state index contributed by atoms with van der Waals surface area (Å²) in [6.07, 6.45) is 3.78. The van der Waals surface area contributed by atoms with Gasteiger partial charge in [-0.1, -0.05) is 0 Å². The minimum absolute atomic E-state index is 0.520. The minimum atomic E-state index is 0.520. The Morgan fingerprint density at radius 3 is 2.76 bits per heavy atom. The van der Waals surface area contributed by atoms with E-state index in [-0.39, 0.29) is 0 Å². The van der Waals surface area contributed by atoms with E-state index in [1.165, 1.54) is 0 Å². The highest BCUT2D eigenvalue weighted by molar-refractivity contribution is 5.54. The van der Waals surface area contributed by atoms with Crippen LogP contribution in [0.1, 0.15) is 17.0 Å². The predicted molar refractivity (Wildman–Crippen MR) is 66.5 cm³/mol. The summed E-state index contributed by atoms with van der Waals surface area (Å²) in [5.41, 5.74) is 7.76. The molecule has 0 unspecified atom stereocenters. The Kier molecular flexibility index (Phi) is 2.95. The molecule has 0 bridgehead atoms. The average Bonchev–Trinajstić information content (AvgIpc) is 2.67. The molecule has 2 aromatic rings. The summed E-state index contributed by atoms with van der Waals surface area (Å²) in [6, 6.07) is 0. The molecule has 0 aliphatic heterocycles. The number of nitrogens with two attached hydrogens (primary N) is 1. The van der Waals surface area contributed by atoms with E-state index in [1.54, 1.807) is 4.68 Å². The van der Waals surface area contributed by atoms with Crippen molar-refractivity contribution in [1.82, 2.24) is 19.7 Å². The van der Waals surface area contributed by atoms with Crippen molar-refractivity contribution in [3.8, 4) is 0 Å². The molecular formula is C11H16N6. The first kappa shape index (κ1) is 11.4. The molecular weight excluding hydrogens is 216 g/mol. The third-order valence-corrected chi connectivity index (χ3v) is 2.51. The molecule has 0 saturated heterocycles. The van der Waals surface area contributed by atoms with Gasteiger partial charge >= 0.3 is 0 Å². The van der Waals surface area contributed by atoms with Crippen LogP contribution in [-0.2, 0) is 13.6 Å². The van der Waals surface area contributed by atoms with Crippen molar-refractivity contribution >= 4 is 11.6 Å². The number of nitrogens with one attached hydrogen (secondary N) is 1. The van der Waals surface area contributed by atoms with E-state index in [0.29, 0.717) is 18.2 Å². The second-order valence-corrected chi connectivity index (χ2v) is 4.01. The van der Waals surface area contributed by atoms with Crippen LogP contribution in [0.5, 0.6) is 0 Å². The number of hydrogen-bond donors (Lipinski definition) is 2. The molecule has 0 fully saturated rings. The third kappa shape index (κ3) is 2.52. The molecule has 2 rings (SSSR count). The van der Waals surface area contributed by atoms with Crippen molar-refractivity contribution < 1.29 is 0 Å². The topological polar surface area (TPSA) is 81.6 Å². The molecule has 0 radical (unpaired) electrons. The van der Waals surface area contributed by atoms with Gasteiger partial charge in [0.25, 0.3) is 0 Å². The lowest BCUT2D eigenvalue weighted by atomic mass is 10.3. The van der Waals surface area contributed by atoms with Crippen LogP contribution >= 0.6 is 0 Å². The van der Waals surface area contributed by atoms with Gasteiger partial charge < -0.3 is 11.1 Å². The van der Waals surface area contributed by atoms with E-state index in [4.69, 9.17) is 5.73 Å². The SMILES string of the molecule is Cc1nc(N)c(C)c(NCc2cnn(C)c2)n1. The van der Waals surface area contributed by atoms with Crippen molar-refractivity contribution in [3.63, 3.8) is 0 Å². The van der Waals surface area contributed by atoms with Gasteiger partial charge in [-0.25, -0.2) is 9.97 Å². The third-order valence-electron chi connectivity index (χ3n) is 2.51. The Morgan fingerprint density at radius 2 is 2.12 bits per heavy atom. The normalized spacial score (nSPS) is 10.5. The van der Waals surface area contributed by atoms with E-state index in [2.05, 4.69) is 20.4 Å². The highest BCUT2D eigenvalue weighted by Gasteiger charge is 2.06. The average molecular weight is 232 g/mol.